The Labute approximate surface area is 99.6 Å². The van der Waals surface area contributed by atoms with Gasteiger partial charge in [0.05, 0.1) is 11.0 Å². The van der Waals surface area contributed by atoms with Gasteiger partial charge < -0.3 is 10.8 Å². The Bertz CT molecular complexity index is 426. The molecule has 0 aliphatic carbocycles. The monoisotopic (exact) mass is 239 g/mol. The Morgan fingerprint density at radius 3 is 2.53 bits per heavy atom. The van der Waals surface area contributed by atoms with E-state index < -0.39 is 11.0 Å². The molecule has 0 amide bonds. The lowest BCUT2D eigenvalue weighted by atomic mass is 9.86. The number of nitrogens with two attached hydrogens (primary N) is 1. The molecule has 0 spiro atoms. The quantitative estimate of drug-likeness (QED) is 0.615. The van der Waals surface area contributed by atoms with Crippen molar-refractivity contribution in [2.45, 2.75) is 33.3 Å². The molecule has 6 nitrogen and oxygen atoms in total. The topological polar surface area (TPSA) is 102 Å². The van der Waals surface area contributed by atoms with E-state index in [0.717, 1.165) is 0 Å². The Hall–Kier alpha value is -1.69. The second-order valence-electron chi connectivity index (χ2n) is 5.05. The van der Waals surface area contributed by atoms with Gasteiger partial charge in [0.2, 0.25) is 5.82 Å². The van der Waals surface area contributed by atoms with Crippen molar-refractivity contribution in [3.05, 3.63) is 27.9 Å². The van der Waals surface area contributed by atoms with Crippen LogP contribution in [0.15, 0.2) is 12.1 Å². The van der Waals surface area contributed by atoms with E-state index in [-0.39, 0.29) is 16.9 Å². The SMILES string of the molecule is CC(C)(C)C(O)Cc1ccc([N+](=O)[O-])c(N)n1. The Kier molecular flexibility index (Phi) is 3.67. The van der Waals surface area contributed by atoms with Crippen molar-refractivity contribution in [1.29, 1.82) is 0 Å². The highest BCUT2D eigenvalue weighted by Gasteiger charge is 2.23. The van der Waals surface area contributed by atoms with E-state index in [2.05, 4.69) is 4.98 Å². The summed E-state index contributed by atoms with van der Waals surface area (Å²) < 4.78 is 0. The predicted molar refractivity (Wildman–Crippen MR) is 64.5 cm³/mol. The van der Waals surface area contributed by atoms with Crippen molar-refractivity contribution < 1.29 is 10.0 Å². The van der Waals surface area contributed by atoms with Crippen LogP contribution < -0.4 is 5.73 Å². The molecular formula is C11H17N3O3. The number of aliphatic hydroxyl groups excluding tert-OH is 1. The van der Waals surface area contributed by atoms with E-state index in [4.69, 9.17) is 5.73 Å². The molecule has 1 aromatic rings. The molecule has 17 heavy (non-hydrogen) atoms. The van der Waals surface area contributed by atoms with Crippen LogP contribution in [0.4, 0.5) is 11.5 Å². The van der Waals surface area contributed by atoms with Gasteiger partial charge in [-0.2, -0.15) is 0 Å². The molecule has 0 saturated heterocycles. The van der Waals surface area contributed by atoms with Crippen LogP contribution in [-0.2, 0) is 6.42 Å². The number of nitrogen functional groups attached to an aromatic ring is 1. The summed E-state index contributed by atoms with van der Waals surface area (Å²) in [5, 5.41) is 20.4. The first-order valence-electron chi connectivity index (χ1n) is 5.29. The minimum Gasteiger partial charge on any atom is -0.392 e. The van der Waals surface area contributed by atoms with Crippen molar-refractivity contribution >= 4 is 11.5 Å². The minimum atomic E-state index is -0.577. The minimum absolute atomic E-state index is 0.117. The Morgan fingerprint density at radius 1 is 1.53 bits per heavy atom. The van der Waals surface area contributed by atoms with Gasteiger partial charge in [-0.1, -0.05) is 20.8 Å². The van der Waals surface area contributed by atoms with Crippen molar-refractivity contribution in [3.63, 3.8) is 0 Å². The standard InChI is InChI=1S/C11H17N3O3/c1-11(2,3)9(15)6-7-4-5-8(14(16)17)10(12)13-7/h4-5,9,15H,6H2,1-3H3,(H2,12,13). The van der Waals surface area contributed by atoms with Gasteiger partial charge in [-0.25, -0.2) is 4.98 Å². The molecule has 1 heterocycles. The molecule has 0 radical (unpaired) electrons. The summed E-state index contributed by atoms with van der Waals surface area (Å²) in [4.78, 5) is 13.9. The van der Waals surface area contributed by atoms with Gasteiger partial charge in [0.1, 0.15) is 0 Å². The number of pyridine rings is 1. The maximum absolute atomic E-state index is 10.6. The van der Waals surface area contributed by atoms with Gasteiger partial charge in [0, 0.05) is 18.2 Å². The average molecular weight is 239 g/mol. The van der Waals surface area contributed by atoms with Crippen LogP contribution in [0.3, 0.4) is 0 Å². The molecule has 0 bridgehead atoms. The zero-order valence-corrected chi connectivity index (χ0v) is 10.2. The van der Waals surface area contributed by atoms with Gasteiger partial charge in [-0.05, 0) is 11.5 Å². The lowest BCUT2D eigenvalue weighted by molar-refractivity contribution is -0.384. The molecule has 1 rings (SSSR count). The molecule has 1 atom stereocenters. The van der Waals surface area contributed by atoms with Gasteiger partial charge in [-0.15, -0.1) is 0 Å². The van der Waals surface area contributed by atoms with Crippen LogP contribution in [0.2, 0.25) is 0 Å². The normalized spacial score (nSPS) is 13.4. The number of hydrogen-bond donors (Lipinski definition) is 2. The summed E-state index contributed by atoms with van der Waals surface area (Å²) >= 11 is 0. The van der Waals surface area contributed by atoms with E-state index >= 15 is 0 Å². The first-order valence-corrected chi connectivity index (χ1v) is 5.29. The molecule has 1 unspecified atom stereocenters. The third-order valence-electron chi connectivity index (χ3n) is 2.56. The smallest absolute Gasteiger partial charge is 0.311 e. The number of nitrogens with zero attached hydrogens (tertiary/aromatic N) is 2. The number of rotatable bonds is 3. The van der Waals surface area contributed by atoms with Crippen LogP contribution in [0, 0.1) is 15.5 Å². The predicted octanol–water partition coefficient (Wildman–Crippen LogP) is 1.52. The molecule has 0 fully saturated rings. The molecule has 0 saturated carbocycles. The van der Waals surface area contributed by atoms with E-state index in [1.54, 1.807) is 0 Å². The van der Waals surface area contributed by atoms with Crippen LogP contribution in [-0.4, -0.2) is 21.1 Å². The number of nitro groups is 1. The van der Waals surface area contributed by atoms with Gasteiger partial charge in [0.25, 0.3) is 0 Å². The first kappa shape index (κ1) is 13.4. The average Bonchev–Trinajstić information content (AvgIpc) is 2.15. The lowest BCUT2D eigenvalue weighted by Gasteiger charge is -2.25. The molecule has 1 aromatic heterocycles. The van der Waals surface area contributed by atoms with Crippen LogP contribution in [0.5, 0.6) is 0 Å². The van der Waals surface area contributed by atoms with Gasteiger partial charge in [-0.3, -0.25) is 10.1 Å². The molecule has 3 N–H and O–H groups in total. The van der Waals surface area contributed by atoms with Crippen molar-refractivity contribution in [3.8, 4) is 0 Å². The van der Waals surface area contributed by atoms with E-state index in [0.29, 0.717) is 12.1 Å². The second kappa shape index (κ2) is 4.67. The molecule has 0 aliphatic heterocycles. The second-order valence-corrected chi connectivity index (χ2v) is 5.05. The number of anilines is 1. The zero-order valence-electron chi connectivity index (χ0n) is 10.2. The maximum atomic E-state index is 10.6. The van der Waals surface area contributed by atoms with Crippen LogP contribution in [0.25, 0.3) is 0 Å². The molecule has 0 aliphatic rings. The Balaban J connectivity index is 2.88. The lowest BCUT2D eigenvalue weighted by Crippen LogP contribution is -2.28. The van der Waals surface area contributed by atoms with Crippen LogP contribution >= 0.6 is 0 Å². The maximum Gasteiger partial charge on any atom is 0.311 e. The van der Waals surface area contributed by atoms with E-state index in [1.807, 2.05) is 20.8 Å². The summed E-state index contributed by atoms with van der Waals surface area (Å²) in [5.74, 6) is -0.117. The van der Waals surface area contributed by atoms with Crippen LogP contribution in [0.1, 0.15) is 26.5 Å². The summed E-state index contributed by atoms with van der Waals surface area (Å²) in [6, 6.07) is 2.83. The summed E-state index contributed by atoms with van der Waals surface area (Å²) in [6.07, 6.45) is -0.248. The van der Waals surface area contributed by atoms with E-state index in [1.165, 1.54) is 12.1 Å². The largest absolute Gasteiger partial charge is 0.392 e. The van der Waals surface area contributed by atoms with E-state index in [9.17, 15) is 15.2 Å². The fourth-order valence-corrected chi connectivity index (χ4v) is 1.28. The fourth-order valence-electron chi connectivity index (χ4n) is 1.28. The Morgan fingerprint density at radius 2 is 2.12 bits per heavy atom. The van der Waals surface area contributed by atoms with Crippen molar-refractivity contribution in [2.75, 3.05) is 5.73 Å². The number of aromatic nitrogens is 1. The van der Waals surface area contributed by atoms with Gasteiger partial charge in [0.15, 0.2) is 0 Å². The molecule has 0 aromatic carbocycles. The summed E-state index contributed by atoms with van der Waals surface area (Å²) in [5.41, 5.74) is 5.55. The zero-order chi connectivity index (χ0) is 13.2. The first-order chi connectivity index (χ1) is 7.71. The molecular weight excluding hydrogens is 222 g/mol. The highest BCUT2D eigenvalue weighted by atomic mass is 16.6. The summed E-state index contributed by atoms with van der Waals surface area (Å²) in [6.45, 7) is 5.73. The summed E-state index contributed by atoms with van der Waals surface area (Å²) in [7, 11) is 0. The third-order valence-corrected chi connectivity index (χ3v) is 2.56. The molecule has 6 heteroatoms. The van der Waals surface area contributed by atoms with Crippen molar-refractivity contribution in [2.24, 2.45) is 5.41 Å². The van der Waals surface area contributed by atoms with Gasteiger partial charge >= 0.3 is 5.69 Å². The highest BCUT2D eigenvalue weighted by Crippen LogP contribution is 2.24. The highest BCUT2D eigenvalue weighted by molar-refractivity contribution is 5.52. The third kappa shape index (κ3) is 3.39. The number of aliphatic hydroxyl groups is 1. The fraction of sp³-hybridized carbons (Fsp3) is 0.545. The molecule has 94 valence electrons. The van der Waals surface area contributed by atoms with Crippen molar-refractivity contribution in [1.82, 2.24) is 4.98 Å². The number of hydrogen-bond acceptors (Lipinski definition) is 5.